The van der Waals surface area contributed by atoms with Gasteiger partial charge in [-0.15, -0.1) is 6.58 Å². The Balaban J connectivity index is 3.64. The lowest BCUT2D eigenvalue weighted by Gasteiger charge is -2.18. The molecule has 0 aliphatic carbocycles. The van der Waals surface area contributed by atoms with Gasteiger partial charge in [0, 0.05) is 12.6 Å². The third kappa shape index (κ3) is 11.8. The van der Waals surface area contributed by atoms with E-state index < -0.39 is 13.0 Å². The van der Waals surface area contributed by atoms with Gasteiger partial charge in [0.05, 0.1) is 0 Å². The monoisotopic (exact) mass is 249 g/mol. The second-order valence-corrected chi connectivity index (χ2v) is 4.13. The van der Waals surface area contributed by atoms with E-state index in [0.717, 1.165) is 38.6 Å². The molecule has 0 spiro atoms. The number of rotatable bonds is 12. The van der Waals surface area contributed by atoms with E-state index in [1.807, 2.05) is 6.08 Å². The van der Waals surface area contributed by atoms with Gasteiger partial charge in [-0.2, -0.15) is 0 Å². The van der Waals surface area contributed by atoms with E-state index in [4.69, 9.17) is 4.74 Å². The molecule has 0 aromatic heterocycles. The lowest BCUT2D eigenvalue weighted by molar-refractivity contribution is 0.0142. The maximum Gasteiger partial charge on any atom is 0.261 e. The van der Waals surface area contributed by atoms with E-state index >= 15 is 0 Å². The maximum atomic E-state index is 11.9. The second kappa shape index (κ2) is 12.0. The highest BCUT2D eigenvalue weighted by atomic mass is 19.3. The van der Waals surface area contributed by atoms with Gasteiger partial charge in [-0.25, -0.2) is 8.78 Å². The number of hydrogen-bond donors (Lipinski definition) is 1. The van der Waals surface area contributed by atoms with Gasteiger partial charge in [-0.1, -0.05) is 13.0 Å². The van der Waals surface area contributed by atoms with Crippen LogP contribution in [0.2, 0.25) is 0 Å². The van der Waals surface area contributed by atoms with Crippen molar-refractivity contribution >= 4 is 0 Å². The van der Waals surface area contributed by atoms with Gasteiger partial charge >= 0.3 is 0 Å². The van der Waals surface area contributed by atoms with Crippen molar-refractivity contribution in [1.29, 1.82) is 0 Å². The van der Waals surface area contributed by atoms with Crippen molar-refractivity contribution in [3.63, 3.8) is 0 Å². The highest BCUT2D eigenvalue weighted by Crippen LogP contribution is 2.06. The predicted molar refractivity (Wildman–Crippen MR) is 67.6 cm³/mol. The Bertz CT molecular complexity index is 177. The predicted octanol–water partition coefficient (Wildman–Crippen LogP) is 3.38. The number of nitrogens with one attached hydrogen (secondary N) is 1. The third-order valence-electron chi connectivity index (χ3n) is 2.50. The zero-order chi connectivity index (χ0) is 12.9. The van der Waals surface area contributed by atoms with Gasteiger partial charge in [0.1, 0.15) is 6.61 Å². The fraction of sp³-hybridized carbons (Fsp3) is 0.846. The minimum atomic E-state index is -2.36. The molecule has 102 valence electrons. The highest BCUT2D eigenvalue weighted by molar-refractivity contribution is 4.71. The normalized spacial score (nSPS) is 12.9. The molecule has 2 nitrogen and oxygen atoms in total. The summed E-state index contributed by atoms with van der Waals surface area (Å²) in [5, 5.41) is 3.41. The van der Waals surface area contributed by atoms with Crippen molar-refractivity contribution in [2.75, 3.05) is 19.8 Å². The van der Waals surface area contributed by atoms with Crippen molar-refractivity contribution in [2.24, 2.45) is 0 Å². The van der Waals surface area contributed by atoms with Gasteiger partial charge < -0.3 is 10.1 Å². The van der Waals surface area contributed by atoms with Gasteiger partial charge in [0.2, 0.25) is 0 Å². The average Bonchev–Trinajstić information content (AvgIpc) is 2.30. The molecule has 0 aliphatic heterocycles. The molecule has 17 heavy (non-hydrogen) atoms. The van der Waals surface area contributed by atoms with Crippen LogP contribution in [0.4, 0.5) is 8.78 Å². The van der Waals surface area contributed by atoms with Crippen LogP contribution in [0.1, 0.15) is 39.0 Å². The molecular formula is C13H25F2NO. The molecule has 0 aliphatic rings. The molecule has 0 saturated heterocycles. The number of allylic oxidation sites excluding steroid dienone is 1. The van der Waals surface area contributed by atoms with Gasteiger partial charge in [0.25, 0.3) is 6.43 Å². The van der Waals surface area contributed by atoms with Crippen LogP contribution < -0.4 is 5.32 Å². The van der Waals surface area contributed by atoms with E-state index in [1.54, 1.807) is 0 Å². The van der Waals surface area contributed by atoms with E-state index in [1.165, 1.54) is 0 Å². The number of unbranched alkanes of at least 4 members (excludes halogenated alkanes) is 1. The first-order valence-electron chi connectivity index (χ1n) is 6.40. The summed E-state index contributed by atoms with van der Waals surface area (Å²) >= 11 is 0. The van der Waals surface area contributed by atoms with Crippen molar-refractivity contribution in [1.82, 2.24) is 5.32 Å². The van der Waals surface area contributed by atoms with E-state index in [9.17, 15) is 8.78 Å². The molecule has 0 bridgehead atoms. The van der Waals surface area contributed by atoms with Gasteiger partial charge in [0.15, 0.2) is 0 Å². The van der Waals surface area contributed by atoms with Crippen molar-refractivity contribution in [3.05, 3.63) is 12.7 Å². The van der Waals surface area contributed by atoms with E-state index in [-0.39, 0.29) is 0 Å². The Kier molecular flexibility index (Phi) is 11.7. The van der Waals surface area contributed by atoms with Crippen molar-refractivity contribution < 1.29 is 13.5 Å². The SMILES string of the molecule is C=CCCCC(CCOCC(F)F)NCCC. The maximum absolute atomic E-state index is 11.9. The van der Waals surface area contributed by atoms with E-state index in [2.05, 4.69) is 18.8 Å². The summed E-state index contributed by atoms with van der Waals surface area (Å²) in [5.74, 6) is 0. The van der Waals surface area contributed by atoms with Crippen LogP contribution in [0.3, 0.4) is 0 Å². The molecular weight excluding hydrogens is 224 g/mol. The Morgan fingerprint density at radius 1 is 1.35 bits per heavy atom. The zero-order valence-corrected chi connectivity index (χ0v) is 10.8. The Morgan fingerprint density at radius 2 is 2.12 bits per heavy atom. The first kappa shape index (κ1) is 16.5. The molecule has 1 unspecified atom stereocenters. The first-order chi connectivity index (χ1) is 8.20. The number of alkyl halides is 2. The quantitative estimate of drug-likeness (QED) is 0.423. The average molecular weight is 249 g/mol. The summed E-state index contributed by atoms with van der Waals surface area (Å²) in [7, 11) is 0. The summed E-state index contributed by atoms with van der Waals surface area (Å²) < 4.78 is 28.6. The van der Waals surface area contributed by atoms with E-state index in [0.29, 0.717) is 12.6 Å². The first-order valence-corrected chi connectivity index (χ1v) is 6.40. The summed E-state index contributed by atoms with van der Waals surface area (Å²) in [5.41, 5.74) is 0. The Labute approximate surface area is 103 Å². The smallest absolute Gasteiger partial charge is 0.261 e. The molecule has 4 heteroatoms. The summed E-state index contributed by atoms with van der Waals surface area (Å²) in [4.78, 5) is 0. The third-order valence-corrected chi connectivity index (χ3v) is 2.50. The fourth-order valence-corrected chi connectivity index (χ4v) is 1.60. The van der Waals surface area contributed by atoms with Crippen molar-refractivity contribution in [3.8, 4) is 0 Å². The Hall–Kier alpha value is -0.480. The standard InChI is InChI=1S/C13H25F2NO/c1-3-5-6-7-12(16-9-4-2)8-10-17-11-13(14)15/h3,12-13,16H,1,4-11H2,2H3. The minimum absolute atomic E-state index is 0.368. The highest BCUT2D eigenvalue weighted by Gasteiger charge is 2.08. The van der Waals surface area contributed by atoms with Crippen LogP contribution in [0.25, 0.3) is 0 Å². The topological polar surface area (TPSA) is 21.3 Å². The lowest BCUT2D eigenvalue weighted by atomic mass is 10.1. The molecule has 0 amide bonds. The van der Waals surface area contributed by atoms with Crippen LogP contribution in [0.15, 0.2) is 12.7 Å². The van der Waals surface area contributed by atoms with Crippen molar-refractivity contribution in [2.45, 2.75) is 51.5 Å². The molecule has 0 saturated carbocycles. The molecule has 1 atom stereocenters. The van der Waals surface area contributed by atoms with Crippen LogP contribution in [0, 0.1) is 0 Å². The molecule has 0 fully saturated rings. The lowest BCUT2D eigenvalue weighted by Crippen LogP contribution is -2.31. The largest absolute Gasteiger partial charge is 0.375 e. The van der Waals surface area contributed by atoms with Gasteiger partial charge in [-0.05, 0) is 38.6 Å². The zero-order valence-electron chi connectivity index (χ0n) is 10.8. The molecule has 0 heterocycles. The summed E-state index contributed by atoms with van der Waals surface area (Å²) in [6.07, 6.45) is 4.55. The van der Waals surface area contributed by atoms with Crippen LogP contribution in [-0.4, -0.2) is 32.2 Å². The Morgan fingerprint density at radius 3 is 2.71 bits per heavy atom. The van der Waals surface area contributed by atoms with Crippen LogP contribution in [0.5, 0.6) is 0 Å². The summed E-state index contributed by atoms with van der Waals surface area (Å²) in [6.45, 7) is 6.72. The number of hydrogen-bond acceptors (Lipinski definition) is 2. The van der Waals surface area contributed by atoms with Crippen LogP contribution in [-0.2, 0) is 4.74 Å². The van der Waals surface area contributed by atoms with Crippen LogP contribution >= 0.6 is 0 Å². The molecule has 1 N–H and O–H groups in total. The molecule has 0 radical (unpaired) electrons. The van der Waals surface area contributed by atoms with Gasteiger partial charge in [-0.3, -0.25) is 0 Å². The molecule has 0 aromatic rings. The minimum Gasteiger partial charge on any atom is -0.375 e. The molecule has 0 aromatic carbocycles. The fourth-order valence-electron chi connectivity index (χ4n) is 1.60. The number of halogens is 2. The molecule has 0 rings (SSSR count). The second-order valence-electron chi connectivity index (χ2n) is 4.13. The number of ether oxygens (including phenoxy) is 1. The summed E-state index contributed by atoms with van der Waals surface area (Å²) in [6, 6.07) is 0.368.